The molecule has 0 aliphatic heterocycles. The van der Waals surface area contributed by atoms with Gasteiger partial charge in [-0.2, -0.15) is 18.3 Å². The molecule has 0 saturated heterocycles. The number of carboxylic acids is 1. The Morgan fingerprint density at radius 2 is 2.14 bits per heavy atom. The van der Waals surface area contributed by atoms with Gasteiger partial charge in [-0.1, -0.05) is 6.92 Å². The van der Waals surface area contributed by atoms with Gasteiger partial charge >= 0.3 is 12.1 Å². The maximum Gasteiger partial charge on any atom is 0.435 e. The van der Waals surface area contributed by atoms with Crippen molar-refractivity contribution in [1.29, 1.82) is 0 Å². The van der Waals surface area contributed by atoms with Crippen LogP contribution in [0.2, 0.25) is 0 Å². The Morgan fingerprint density at radius 3 is 2.67 bits per heavy atom. The predicted molar refractivity (Wildman–Crippen MR) is 66.3 cm³/mol. The van der Waals surface area contributed by atoms with Crippen molar-refractivity contribution in [1.82, 2.24) is 15.1 Å². The molecule has 0 radical (unpaired) electrons. The summed E-state index contributed by atoms with van der Waals surface area (Å²) in [6.45, 7) is 1.51. The van der Waals surface area contributed by atoms with Crippen LogP contribution in [0.3, 0.4) is 0 Å². The molecule has 0 aromatic carbocycles. The van der Waals surface area contributed by atoms with Crippen LogP contribution in [0.25, 0.3) is 0 Å². The minimum Gasteiger partial charge on any atom is -0.481 e. The fourth-order valence-electron chi connectivity index (χ4n) is 1.56. The molecule has 21 heavy (non-hydrogen) atoms. The number of alkyl halides is 3. The first-order chi connectivity index (χ1) is 9.70. The number of carbonyl (C=O) groups is 2. The van der Waals surface area contributed by atoms with Gasteiger partial charge in [-0.15, -0.1) is 0 Å². The number of aromatic nitrogens is 2. The van der Waals surface area contributed by atoms with Crippen molar-refractivity contribution in [3.8, 4) is 0 Å². The van der Waals surface area contributed by atoms with Gasteiger partial charge in [0.1, 0.15) is 6.54 Å². The molecule has 1 atom stereocenters. The molecule has 1 aromatic rings. The Labute approximate surface area is 118 Å². The van der Waals surface area contributed by atoms with Gasteiger partial charge in [0.05, 0.1) is 5.92 Å². The molecule has 1 rings (SSSR count). The molecule has 0 aliphatic rings. The number of halogens is 3. The van der Waals surface area contributed by atoms with Crippen LogP contribution in [0.15, 0.2) is 12.3 Å². The normalized spacial score (nSPS) is 13.0. The molecule has 0 aliphatic carbocycles. The highest BCUT2D eigenvalue weighted by Crippen LogP contribution is 2.27. The van der Waals surface area contributed by atoms with Crippen molar-refractivity contribution in [2.75, 3.05) is 6.54 Å². The van der Waals surface area contributed by atoms with E-state index in [1.54, 1.807) is 6.92 Å². The topological polar surface area (TPSA) is 84.2 Å². The molecule has 1 unspecified atom stereocenters. The number of nitrogens with zero attached hydrogens (tertiary/aromatic N) is 2. The molecule has 0 bridgehead atoms. The van der Waals surface area contributed by atoms with Crippen molar-refractivity contribution in [2.24, 2.45) is 5.92 Å². The number of nitrogens with one attached hydrogen (secondary N) is 1. The van der Waals surface area contributed by atoms with Gasteiger partial charge in [-0.05, 0) is 18.9 Å². The highest BCUT2D eigenvalue weighted by Gasteiger charge is 2.33. The average Bonchev–Trinajstić information content (AvgIpc) is 2.82. The molecule has 0 saturated carbocycles. The number of rotatable bonds is 7. The lowest BCUT2D eigenvalue weighted by Gasteiger charge is -2.07. The smallest absolute Gasteiger partial charge is 0.435 e. The summed E-state index contributed by atoms with van der Waals surface area (Å²) in [6.07, 6.45) is -2.56. The second-order valence-electron chi connectivity index (χ2n) is 4.63. The third-order valence-corrected chi connectivity index (χ3v) is 2.79. The summed E-state index contributed by atoms with van der Waals surface area (Å²) in [4.78, 5) is 22.0. The fourth-order valence-corrected chi connectivity index (χ4v) is 1.56. The van der Waals surface area contributed by atoms with E-state index in [2.05, 4.69) is 10.4 Å². The van der Waals surface area contributed by atoms with E-state index in [-0.39, 0.29) is 13.1 Å². The van der Waals surface area contributed by atoms with E-state index in [0.29, 0.717) is 12.8 Å². The van der Waals surface area contributed by atoms with Gasteiger partial charge in [0.15, 0.2) is 5.69 Å². The Bertz CT molecular complexity index is 499. The zero-order valence-electron chi connectivity index (χ0n) is 11.4. The number of carboxylic acid groups (broad SMARTS) is 1. The van der Waals surface area contributed by atoms with E-state index in [9.17, 15) is 22.8 Å². The molecule has 118 valence electrons. The Balaban J connectivity index is 2.31. The zero-order chi connectivity index (χ0) is 16.0. The van der Waals surface area contributed by atoms with Crippen LogP contribution in [-0.2, 0) is 22.3 Å². The number of hydrogen-bond acceptors (Lipinski definition) is 3. The first-order valence-corrected chi connectivity index (χ1v) is 6.30. The number of carbonyl (C=O) groups excluding carboxylic acids is 1. The number of aliphatic carboxylic acids is 1. The lowest BCUT2D eigenvalue weighted by molar-refractivity contribution is -0.142. The molecule has 9 heteroatoms. The number of amides is 1. The molecule has 1 heterocycles. The van der Waals surface area contributed by atoms with E-state index in [1.807, 2.05) is 0 Å². The molecular formula is C12H16F3N3O3. The first-order valence-electron chi connectivity index (χ1n) is 6.30. The van der Waals surface area contributed by atoms with Crippen LogP contribution in [0.1, 0.15) is 25.5 Å². The summed E-state index contributed by atoms with van der Waals surface area (Å²) in [6, 6.07) is 0.793. The van der Waals surface area contributed by atoms with Gasteiger partial charge in [0, 0.05) is 12.7 Å². The quantitative estimate of drug-likeness (QED) is 0.748. The molecular weight excluding hydrogens is 291 g/mol. The average molecular weight is 307 g/mol. The second kappa shape index (κ2) is 7.09. The maximum atomic E-state index is 12.3. The second-order valence-corrected chi connectivity index (χ2v) is 4.63. The lowest BCUT2D eigenvalue weighted by atomic mass is 10.1. The predicted octanol–water partition coefficient (Wildman–Crippen LogP) is 1.52. The molecule has 1 aromatic heterocycles. The molecule has 2 N–H and O–H groups in total. The summed E-state index contributed by atoms with van der Waals surface area (Å²) in [5, 5.41) is 14.4. The van der Waals surface area contributed by atoms with Gasteiger partial charge in [0.2, 0.25) is 5.91 Å². The summed E-state index contributed by atoms with van der Waals surface area (Å²) < 4.78 is 37.8. The van der Waals surface area contributed by atoms with Crippen LogP contribution in [0.4, 0.5) is 13.2 Å². The SMILES string of the molecule is CC(CCCNC(=O)Cn1ccc(C(F)(F)F)n1)C(=O)O. The fraction of sp³-hybridized carbons (Fsp3) is 0.583. The van der Waals surface area contributed by atoms with Crippen LogP contribution in [0.5, 0.6) is 0 Å². The largest absolute Gasteiger partial charge is 0.481 e. The lowest BCUT2D eigenvalue weighted by Crippen LogP contribution is -2.29. The van der Waals surface area contributed by atoms with E-state index >= 15 is 0 Å². The Hall–Kier alpha value is -2.06. The number of hydrogen-bond donors (Lipinski definition) is 2. The monoisotopic (exact) mass is 307 g/mol. The summed E-state index contributed by atoms with van der Waals surface area (Å²) >= 11 is 0. The van der Waals surface area contributed by atoms with Crippen molar-refractivity contribution >= 4 is 11.9 Å². The van der Waals surface area contributed by atoms with Crippen LogP contribution in [0, 0.1) is 5.92 Å². The summed E-state index contributed by atoms with van der Waals surface area (Å²) in [5.74, 6) is -1.88. The highest BCUT2D eigenvalue weighted by molar-refractivity contribution is 5.75. The maximum absolute atomic E-state index is 12.3. The molecule has 6 nitrogen and oxygen atoms in total. The zero-order valence-corrected chi connectivity index (χ0v) is 11.4. The van der Waals surface area contributed by atoms with Crippen LogP contribution in [-0.4, -0.2) is 33.3 Å². The van der Waals surface area contributed by atoms with Crippen LogP contribution >= 0.6 is 0 Å². The van der Waals surface area contributed by atoms with E-state index in [0.717, 1.165) is 16.9 Å². The van der Waals surface area contributed by atoms with E-state index in [4.69, 9.17) is 5.11 Å². The van der Waals surface area contributed by atoms with Crippen molar-refractivity contribution in [3.63, 3.8) is 0 Å². The molecule has 0 spiro atoms. The van der Waals surface area contributed by atoms with Crippen molar-refractivity contribution in [3.05, 3.63) is 18.0 Å². The third-order valence-electron chi connectivity index (χ3n) is 2.79. The van der Waals surface area contributed by atoms with Gasteiger partial charge in [-0.25, -0.2) is 0 Å². The van der Waals surface area contributed by atoms with Gasteiger partial charge in [0.25, 0.3) is 0 Å². The van der Waals surface area contributed by atoms with Gasteiger partial charge < -0.3 is 10.4 Å². The van der Waals surface area contributed by atoms with Crippen molar-refractivity contribution in [2.45, 2.75) is 32.5 Å². The first kappa shape index (κ1) is 17.0. The third kappa shape index (κ3) is 5.84. The standard InChI is InChI=1S/C12H16F3N3O3/c1-8(11(20)21)3-2-5-16-10(19)7-18-6-4-9(17-18)12(13,14)15/h4,6,8H,2-3,5,7H2,1H3,(H,16,19)(H,20,21). The summed E-state index contributed by atoms with van der Waals surface area (Å²) in [5.41, 5.74) is -1.05. The molecule has 1 amide bonds. The Kier molecular flexibility index (Phi) is 5.74. The van der Waals surface area contributed by atoms with E-state index in [1.165, 1.54) is 0 Å². The minimum absolute atomic E-state index is 0.268. The summed E-state index contributed by atoms with van der Waals surface area (Å²) in [7, 11) is 0. The van der Waals surface area contributed by atoms with Gasteiger partial charge in [-0.3, -0.25) is 14.3 Å². The van der Waals surface area contributed by atoms with Crippen LogP contribution < -0.4 is 5.32 Å². The minimum atomic E-state index is -4.53. The van der Waals surface area contributed by atoms with E-state index < -0.39 is 29.7 Å². The Morgan fingerprint density at radius 1 is 1.48 bits per heavy atom. The highest BCUT2D eigenvalue weighted by atomic mass is 19.4. The van der Waals surface area contributed by atoms with Crippen molar-refractivity contribution < 1.29 is 27.9 Å². The molecule has 0 fully saturated rings.